The predicted molar refractivity (Wildman–Crippen MR) is 74.5 cm³/mol. The first kappa shape index (κ1) is 14.4. The summed E-state index contributed by atoms with van der Waals surface area (Å²) in [5.41, 5.74) is 0.692. The summed E-state index contributed by atoms with van der Waals surface area (Å²) < 4.78 is 5.33. The van der Waals surface area contributed by atoms with Crippen molar-refractivity contribution in [3.05, 3.63) is 17.3 Å². The molecule has 19 heavy (non-hydrogen) atoms. The van der Waals surface area contributed by atoms with Crippen molar-refractivity contribution < 1.29 is 9.21 Å². The molecule has 0 aliphatic heterocycles. The molecule has 1 N–H and O–H groups in total. The Morgan fingerprint density at radius 2 is 2.05 bits per heavy atom. The van der Waals surface area contributed by atoms with E-state index in [1.165, 1.54) is 19.3 Å². The number of aromatic nitrogens is 1. The van der Waals surface area contributed by atoms with E-state index in [0.29, 0.717) is 29.8 Å². The Bertz CT molecular complexity index is 450. The Balaban J connectivity index is 1.97. The number of rotatable bonds is 4. The first-order chi connectivity index (χ1) is 9.06. The third kappa shape index (κ3) is 3.30. The lowest BCUT2D eigenvalue weighted by atomic mass is 9.75. The molecule has 0 saturated heterocycles. The summed E-state index contributed by atoms with van der Waals surface area (Å²) in [7, 11) is 0. The zero-order chi connectivity index (χ0) is 13.9. The Kier molecular flexibility index (Phi) is 4.50. The Labute approximate surface area is 118 Å². The first-order valence-electron chi connectivity index (χ1n) is 6.84. The molecule has 5 heteroatoms. The Morgan fingerprint density at radius 3 is 2.58 bits per heavy atom. The van der Waals surface area contributed by atoms with Crippen LogP contribution in [0.15, 0.2) is 4.42 Å². The number of oxazole rings is 1. The van der Waals surface area contributed by atoms with Crippen LogP contribution in [0.4, 0.5) is 0 Å². The molecule has 1 amide bonds. The van der Waals surface area contributed by atoms with Crippen molar-refractivity contribution >= 4 is 17.5 Å². The van der Waals surface area contributed by atoms with Gasteiger partial charge in [0.1, 0.15) is 0 Å². The zero-order valence-electron chi connectivity index (χ0n) is 11.6. The number of amides is 1. The average Bonchev–Trinajstić information content (AvgIpc) is 2.76. The van der Waals surface area contributed by atoms with Crippen molar-refractivity contribution in [1.82, 2.24) is 10.3 Å². The number of carbonyl (C=O) groups is 1. The highest BCUT2D eigenvalue weighted by molar-refractivity contribution is 6.18. The monoisotopic (exact) mass is 284 g/mol. The van der Waals surface area contributed by atoms with E-state index < -0.39 is 0 Å². The maximum atomic E-state index is 12.1. The van der Waals surface area contributed by atoms with E-state index in [-0.39, 0.29) is 11.3 Å². The van der Waals surface area contributed by atoms with E-state index >= 15 is 0 Å². The van der Waals surface area contributed by atoms with Crippen LogP contribution in [0.5, 0.6) is 0 Å². The molecule has 1 aliphatic carbocycles. The number of hydrogen-bond acceptors (Lipinski definition) is 3. The van der Waals surface area contributed by atoms with Crippen LogP contribution in [0.1, 0.15) is 54.2 Å². The molecule has 1 aromatic rings. The van der Waals surface area contributed by atoms with Crippen LogP contribution in [0.25, 0.3) is 0 Å². The first-order valence-corrected chi connectivity index (χ1v) is 7.38. The molecule has 1 aromatic heterocycles. The quantitative estimate of drug-likeness (QED) is 0.864. The van der Waals surface area contributed by atoms with Crippen LogP contribution < -0.4 is 5.32 Å². The smallest absolute Gasteiger partial charge is 0.289 e. The van der Waals surface area contributed by atoms with Crippen molar-refractivity contribution in [3.63, 3.8) is 0 Å². The lowest BCUT2D eigenvalue weighted by Crippen LogP contribution is -2.40. The fourth-order valence-electron chi connectivity index (χ4n) is 2.75. The number of aryl methyl sites for hydroxylation is 2. The third-order valence-electron chi connectivity index (χ3n) is 3.93. The lowest BCUT2D eigenvalue weighted by Gasteiger charge is -2.35. The van der Waals surface area contributed by atoms with Crippen LogP contribution >= 0.6 is 11.6 Å². The summed E-state index contributed by atoms with van der Waals surface area (Å²) in [6, 6.07) is 0. The number of alkyl halides is 1. The Hall–Kier alpha value is -1.03. The highest BCUT2D eigenvalue weighted by Crippen LogP contribution is 2.36. The molecule has 1 heterocycles. The normalized spacial score (nSPS) is 18.3. The molecule has 1 saturated carbocycles. The molecule has 2 rings (SSSR count). The minimum absolute atomic E-state index is 0.0540. The fraction of sp³-hybridized carbons (Fsp3) is 0.714. The molecular formula is C14H21ClN2O2. The van der Waals surface area contributed by atoms with Gasteiger partial charge in [-0.3, -0.25) is 4.79 Å². The van der Waals surface area contributed by atoms with Gasteiger partial charge in [-0.1, -0.05) is 19.3 Å². The van der Waals surface area contributed by atoms with Crippen LogP contribution in [0.2, 0.25) is 0 Å². The van der Waals surface area contributed by atoms with E-state index in [1.807, 2.05) is 0 Å². The second-order valence-corrected chi connectivity index (χ2v) is 5.79. The van der Waals surface area contributed by atoms with Gasteiger partial charge in [0.2, 0.25) is 5.76 Å². The number of nitrogens with one attached hydrogen (secondary N) is 1. The molecule has 0 unspecified atom stereocenters. The van der Waals surface area contributed by atoms with Crippen LogP contribution in [-0.2, 0) is 0 Å². The minimum atomic E-state index is -0.187. The van der Waals surface area contributed by atoms with Gasteiger partial charge in [0, 0.05) is 24.8 Å². The maximum absolute atomic E-state index is 12.1. The molecule has 0 aromatic carbocycles. The number of carbonyl (C=O) groups excluding carboxylic acids is 1. The minimum Gasteiger partial charge on any atom is -0.436 e. The standard InChI is InChI=1S/C14H21ClN2O2/c1-10-12(19-11(2)17-10)13(18)16-9-14(8-15)6-4-3-5-7-14/h3-9H2,1-2H3,(H,16,18). The molecular weight excluding hydrogens is 264 g/mol. The van der Waals surface area contributed by atoms with E-state index in [1.54, 1.807) is 13.8 Å². The molecule has 4 nitrogen and oxygen atoms in total. The largest absolute Gasteiger partial charge is 0.436 e. The summed E-state index contributed by atoms with van der Waals surface area (Å²) >= 11 is 6.11. The van der Waals surface area contributed by atoms with E-state index in [2.05, 4.69) is 10.3 Å². The SMILES string of the molecule is Cc1nc(C)c(C(=O)NCC2(CCl)CCCCC2)o1. The second kappa shape index (κ2) is 5.95. The lowest BCUT2D eigenvalue weighted by molar-refractivity contribution is 0.0891. The zero-order valence-corrected chi connectivity index (χ0v) is 12.3. The molecule has 1 fully saturated rings. The number of nitrogens with zero attached hydrogens (tertiary/aromatic N) is 1. The predicted octanol–water partition coefficient (Wildman–Crippen LogP) is 3.21. The molecule has 106 valence electrons. The van der Waals surface area contributed by atoms with Crippen molar-refractivity contribution in [2.45, 2.75) is 46.0 Å². The third-order valence-corrected chi connectivity index (χ3v) is 4.50. The summed E-state index contributed by atoms with van der Waals surface area (Å²) in [4.78, 5) is 16.2. The average molecular weight is 285 g/mol. The second-order valence-electron chi connectivity index (χ2n) is 5.52. The van der Waals surface area contributed by atoms with Gasteiger partial charge in [-0.15, -0.1) is 11.6 Å². The molecule has 0 atom stereocenters. The molecule has 0 radical (unpaired) electrons. The van der Waals surface area contributed by atoms with Gasteiger partial charge in [0.25, 0.3) is 5.91 Å². The molecule has 0 spiro atoms. The molecule has 1 aliphatic rings. The maximum Gasteiger partial charge on any atom is 0.289 e. The van der Waals surface area contributed by atoms with Crippen LogP contribution in [-0.4, -0.2) is 23.3 Å². The number of hydrogen-bond donors (Lipinski definition) is 1. The van der Waals surface area contributed by atoms with E-state index in [4.69, 9.17) is 16.0 Å². The van der Waals surface area contributed by atoms with Gasteiger partial charge >= 0.3 is 0 Å². The molecule has 0 bridgehead atoms. The van der Waals surface area contributed by atoms with Gasteiger partial charge in [-0.25, -0.2) is 4.98 Å². The summed E-state index contributed by atoms with van der Waals surface area (Å²) in [5, 5.41) is 2.96. The topological polar surface area (TPSA) is 55.1 Å². The van der Waals surface area contributed by atoms with Gasteiger partial charge in [-0.05, 0) is 19.8 Å². The van der Waals surface area contributed by atoms with Crippen molar-refractivity contribution in [1.29, 1.82) is 0 Å². The van der Waals surface area contributed by atoms with Gasteiger partial charge in [0.05, 0.1) is 5.69 Å². The Morgan fingerprint density at radius 1 is 1.37 bits per heavy atom. The fourth-order valence-corrected chi connectivity index (χ4v) is 3.11. The van der Waals surface area contributed by atoms with Crippen LogP contribution in [0, 0.1) is 19.3 Å². The summed E-state index contributed by atoms with van der Waals surface area (Å²) in [6.45, 7) is 4.14. The highest BCUT2D eigenvalue weighted by Gasteiger charge is 2.32. The van der Waals surface area contributed by atoms with Crippen molar-refractivity contribution in [3.8, 4) is 0 Å². The van der Waals surface area contributed by atoms with Crippen molar-refractivity contribution in [2.75, 3.05) is 12.4 Å². The summed E-state index contributed by atoms with van der Waals surface area (Å²) in [5.74, 6) is 1.25. The highest BCUT2D eigenvalue weighted by atomic mass is 35.5. The van der Waals surface area contributed by atoms with E-state index in [9.17, 15) is 4.79 Å². The summed E-state index contributed by atoms with van der Waals surface area (Å²) in [6.07, 6.45) is 5.84. The van der Waals surface area contributed by atoms with Gasteiger partial charge < -0.3 is 9.73 Å². The van der Waals surface area contributed by atoms with Crippen LogP contribution in [0.3, 0.4) is 0 Å². The van der Waals surface area contributed by atoms with Crippen molar-refractivity contribution in [2.24, 2.45) is 5.41 Å². The van der Waals surface area contributed by atoms with E-state index in [0.717, 1.165) is 12.8 Å². The van der Waals surface area contributed by atoms with Gasteiger partial charge in [0.15, 0.2) is 5.89 Å². The van der Waals surface area contributed by atoms with Gasteiger partial charge in [-0.2, -0.15) is 0 Å². The number of halogens is 1.